The highest BCUT2D eigenvalue weighted by Crippen LogP contribution is 2.25. The van der Waals surface area contributed by atoms with E-state index >= 15 is 0 Å². The summed E-state index contributed by atoms with van der Waals surface area (Å²) in [5.74, 6) is 1.64. The zero-order valence-corrected chi connectivity index (χ0v) is 10.8. The molecule has 1 aromatic rings. The number of hydrogen-bond acceptors (Lipinski definition) is 2. The average Bonchev–Trinajstić information content (AvgIpc) is 2.27. The molecule has 0 fully saturated rings. The van der Waals surface area contributed by atoms with Crippen molar-refractivity contribution < 1.29 is 4.74 Å². The molecule has 0 saturated carbocycles. The van der Waals surface area contributed by atoms with Crippen molar-refractivity contribution in [2.75, 3.05) is 19.0 Å². The van der Waals surface area contributed by atoms with Crippen LogP contribution in [0.25, 0.3) is 0 Å². The molecule has 1 N–H and O–H groups in total. The third-order valence-corrected chi connectivity index (χ3v) is 2.78. The van der Waals surface area contributed by atoms with Crippen LogP contribution in [-0.2, 0) is 0 Å². The predicted octanol–water partition coefficient (Wildman–Crippen LogP) is 3.85. The van der Waals surface area contributed by atoms with E-state index in [2.05, 4.69) is 44.3 Å². The summed E-state index contributed by atoms with van der Waals surface area (Å²) in [5, 5.41) is 3.45. The molecule has 0 heterocycles. The van der Waals surface area contributed by atoms with E-state index in [0.717, 1.165) is 18.0 Å². The second-order valence-electron chi connectivity index (χ2n) is 4.48. The number of nitrogens with one attached hydrogen (secondary N) is 1. The lowest BCUT2D eigenvalue weighted by molar-refractivity contribution is 0.415. The molecule has 0 aliphatic rings. The van der Waals surface area contributed by atoms with Crippen LogP contribution in [0.5, 0.6) is 5.75 Å². The van der Waals surface area contributed by atoms with Crippen LogP contribution in [-0.4, -0.2) is 13.7 Å². The fourth-order valence-electron chi connectivity index (χ4n) is 1.82. The molecule has 0 bridgehead atoms. The van der Waals surface area contributed by atoms with Gasteiger partial charge in [0.2, 0.25) is 0 Å². The fraction of sp³-hybridized carbons (Fsp3) is 0.571. The van der Waals surface area contributed by atoms with Crippen molar-refractivity contribution in [3.05, 3.63) is 23.8 Å². The van der Waals surface area contributed by atoms with Gasteiger partial charge < -0.3 is 10.1 Å². The summed E-state index contributed by atoms with van der Waals surface area (Å²) in [5.41, 5.74) is 2.32. The summed E-state index contributed by atoms with van der Waals surface area (Å²) in [6, 6.07) is 6.26. The molecule has 1 aromatic carbocycles. The number of aryl methyl sites for hydroxylation is 1. The van der Waals surface area contributed by atoms with E-state index in [9.17, 15) is 0 Å². The van der Waals surface area contributed by atoms with Crippen LogP contribution < -0.4 is 10.1 Å². The highest BCUT2D eigenvalue weighted by atomic mass is 16.5. The van der Waals surface area contributed by atoms with Gasteiger partial charge in [0.15, 0.2) is 0 Å². The predicted molar refractivity (Wildman–Crippen MR) is 70.3 cm³/mol. The third-order valence-electron chi connectivity index (χ3n) is 2.78. The summed E-state index contributed by atoms with van der Waals surface area (Å²) in [6.45, 7) is 7.58. The second-order valence-corrected chi connectivity index (χ2v) is 4.48. The van der Waals surface area contributed by atoms with E-state index in [4.69, 9.17) is 4.74 Å². The Kier molecular flexibility index (Phi) is 5.17. The lowest BCUT2D eigenvalue weighted by Gasteiger charge is -2.15. The molecule has 0 amide bonds. The zero-order chi connectivity index (χ0) is 12.0. The number of rotatable bonds is 6. The van der Waals surface area contributed by atoms with Gasteiger partial charge >= 0.3 is 0 Å². The van der Waals surface area contributed by atoms with Gasteiger partial charge in [0.05, 0.1) is 12.8 Å². The van der Waals surface area contributed by atoms with Crippen LogP contribution in [0.2, 0.25) is 0 Å². The van der Waals surface area contributed by atoms with E-state index in [0.29, 0.717) is 5.92 Å². The Morgan fingerprint density at radius 3 is 2.75 bits per heavy atom. The number of benzene rings is 1. The Balaban J connectivity index is 2.59. The van der Waals surface area contributed by atoms with Crippen molar-refractivity contribution in [2.45, 2.75) is 33.6 Å². The molecule has 1 unspecified atom stereocenters. The zero-order valence-electron chi connectivity index (χ0n) is 10.8. The molecule has 16 heavy (non-hydrogen) atoms. The van der Waals surface area contributed by atoms with Gasteiger partial charge in [0, 0.05) is 6.54 Å². The van der Waals surface area contributed by atoms with Crippen LogP contribution in [0.1, 0.15) is 32.3 Å². The minimum atomic E-state index is 0.705. The molecule has 0 aliphatic heterocycles. The standard InChI is InChI=1S/C14H23NO/c1-5-6-12(3)10-15-13-8-7-11(2)9-14(13)16-4/h7-9,12,15H,5-6,10H2,1-4H3. The Labute approximate surface area is 99.0 Å². The van der Waals surface area contributed by atoms with Crippen molar-refractivity contribution in [1.29, 1.82) is 0 Å². The summed E-state index contributed by atoms with van der Waals surface area (Å²) in [4.78, 5) is 0. The van der Waals surface area contributed by atoms with Crippen molar-refractivity contribution in [2.24, 2.45) is 5.92 Å². The lowest BCUT2D eigenvalue weighted by Crippen LogP contribution is -2.11. The number of ether oxygens (including phenoxy) is 1. The topological polar surface area (TPSA) is 21.3 Å². The number of hydrogen-bond donors (Lipinski definition) is 1. The molecular formula is C14H23NO. The van der Waals surface area contributed by atoms with Gasteiger partial charge in [-0.25, -0.2) is 0 Å². The van der Waals surface area contributed by atoms with Crippen LogP contribution in [0.4, 0.5) is 5.69 Å². The molecule has 0 aliphatic carbocycles. The normalized spacial score (nSPS) is 12.2. The number of anilines is 1. The molecule has 0 saturated heterocycles. The average molecular weight is 221 g/mol. The Hall–Kier alpha value is -1.18. The largest absolute Gasteiger partial charge is 0.495 e. The van der Waals surface area contributed by atoms with E-state index in [-0.39, 0.29) is 0 Å². The van der Waals surface area contributed by atoms with Gasteiger partial charge in [-0.05, 0) is 37.0 Å². The van der Waals surface area contributed by atoms with E-state index in [1.54, 1.807) is 7.11 Å². The van der Waals surface area contributed by atoms with Gasteiger partial charge in [-0.1, -0.05) is 26.3 Å². The molecule has 0 aromatic heterocycles. The highest BCUT2D eigenvalue weighted by Gasteiger charge is 2.05. The third kappa shape index (κ3) is 3.76. The minimum absolute atomic E-state index is 0.705. The van der Waals surface area contributed by atoms with Crippen LogP contribution >= 0.6 is 0 Å². The van der Waals surface area contributed by atoms with Crippen LogP contribution in [0.15, 0.2) is 18.2 Å². The molecular weight excluding hydrogens is 198 g/mol. The Bertz CT molecular complexity index is 323. The number of methoxy groups -OCH3 is 1. The maximum Gasteiger partial charge on any atom is 0.142 e. The van der Waals surface area contributed by atoms with E-state index in [1.165, 1.54) is 18.4 Å². The fourth-order valence-corrected chi connectivity index (χ4v) is 1.82. The Morgan fingerprint density at radius 1 is 1.38 bits per heavy atom. The molecule has 0 radical (unpaired) electrons. The maximum atomic E-state index is 5.36. The minimum Gasteiger partial charge on any atom is -0.495 e. The monoisotopic (exact) mass is 221 g/mol. The van der Waals surface area contributed by atoms with Crippen LogP contribution in [0, 0.1) is 12.8 Å². The van der Waals surface area contributed by atoms with Crippen LogP contribution in [0.3, 0.4) is 0 Å². The van der Waals surface area contributed by atoms with Crippen molar-refractivity contribution in [3.63, 3.8) is 0 Å². The second kappa shape index (κ2) is 6.41. The molecule has 1 atom stereocenters. The SMILES string of the molecule is CCCC(C)CNc1ccc(C)cc1OC. The first kappa shape index (κ1) is 12.9. The highest BCUT2D eigenvalue weighted by molar-refractivity contribution is 5.57. The van der Waals surface area contributed by atoms with Gasteiger partial charge in [-0.15, -0.1) is 0 Å². The van der Waals surface area contributed by atoms with Gasteiger partial charge in [-0.2, -0.15) is 0 Å². The van der Waals surface area contributed by atoms with Crippen molar-refractivity contribution >= 4 is 5.69 Å². The molecule has 1 rings (SSSR count). The summed E-state index contributed by atoms with van der Waals surface area (Å²) in [6.07, 6.45) is 2.51. The van der Waals surface area contributed by atoms with Gasteiger partial charge in [0.1, 0.15) is 5.75 Å². The molecule has 2 nitrogen and oxygen atoms in total. The van der Waals surface area contributed by atoms with Gasteiger partial charge in [0.25, 0.3) is 0 Å². The first-order valence-electron chi connectivity index (χ1n) is 6.05. The van der Waals surface area contributed by atoms with E-state index < -0.39 is 0 Å². The molecule has 90 valence electrons. The Morgan fingerprint density at radius 2 is 2.12 bits per heavy atom. The first-order valence-corrected chi connectivity index (χ1v) is 6.05. The first-order chi connectivity index (χ1) is 7.67. The van der Waals surface area contributed by atoms with E-state index in [1.807, 2.05) is 0 Å². The van der Waals surface area contributed by atoms with Crippen molar-refractivity contribution in [3.8, 4) is 5.75 Å². The maximum absolute atomic E-state index is 5.36. The molecule has 0 spiro atoms. The lowest BCUT2D eigenvalue weighted by atomic mass is 10.1. The van der Waals surface area contributed by atoms with Crippen molar-refractivity contribution in [1.82, 2.24) is 0 Å². The molecule has 2 heteroatoms. The van der Waals surface area contributed by atoms with Gasteiger partial charge in [-0.3, -0.25) is 0 Å². The summed E-state index contributed by atoms with van der Waals surface area (Å²) in [7, 11) is 1.72. The summed E-state index contributed by atoms with van der Waals surface area (Å²) < 4.78 is 5.36. The summed E-state index contributed by atoms with van der Waals surface area (Å²) >= 11 is 0. The quantitative estimate of drug-likeness (QED) is 0.787. The smallest absolute Gasteiger partial charge is 0.142 e.